The van der Waals surface area contributed by atoms with Gasteiger partial charge < -0.3 is 25.2 Å². The molecule has 1 fully saturated rings. The lowest BCUT2D eigenvalue weighted by Gasteiger charge is -2.16. The van der Waals surface area contributed by atoms with Crippen molar-refractivity contribution < 1.29 is 41.7 Å². The Balaban J connectivity index is 1.20. The first kappa shape index (κ1) is 31.5. The van der Waals surface area contributed by atoms with Crippen LogP contribution in [-0.2, 0) is 28.7 Å². The van der Waals surface area contributed by atoms with E-state index in [0.29, 0.717) is 36.3 Å². The van der Waals surface area contributed by atoms with Gasteiger partial charge in [0.2, 0.25) is 11.8 Å². The number of carboxylic acids is 1. The maximum absolute atomic E-state index is 14.2. The molecule has 0 saturated carbocycles. The van der Waals surface area contributed by atoms with Crippen molar-refractivity contribution in [3.8, 4) is 17.1 Å². The number of hydrogen-bond acceptors (Lipinski definition) is 6. The van der Waals surface area contributed by atoms with E-state index in [2.05, 4.69) is 15.6 Å². The molecule has 2 heterocycles. The Labute approximate surface area is 256 Å². The average molecular weight is 624 g/mol. The Kier molecular flexibility index (Phi) is 9.62. The normalized spacial score (nSPS) is 14.6. The highest BCUT2D eigenvalue weighted by atomic mass is 19.4. The second-order valence-corrected chi connectivity index (χ2v) is 10.5. The third kappa shape index (κ3) is 8.36. The minimum Gasteiger partial charge on any atom is -0.478 e. The molecule has 234 valence electrons. The number of halogens is 4. The molecule has 1 aromatic heterocycles. The molecule has 3 aromatic carbocycles. The molecular formula is C33H29F4N3O5. The van der Waals surface area contributed by atoms with E-state index in [1.807, 2.05) is 0 Å². The molecule has 45 heavy (non-hydrogen) atoms. The average Bonchev–Trinajstić information content (AvgIpc) is 3.54. The van der Waals surface area contributed by atoms with Crippen molar-refractivity contribution in [3.05, 3.63) is 107 Å². The maximum Gasteiger partial charge on any atom is 0.416 e. The number of nitrogens with zero attached hydrogens (tertiary/aromatic N) is 1. The van der Waals surface area contributed by atoms with Crippen molar-refractivity contribution in [1.82, 2.24) is 4.98 Å². The van der Waals surface area contributed by atoms with E-state index in [4.69, 9.17) is 9.47 Å². The van der Waals surface area contributed by atoms with E-state index in [9.17, 15) is 32.3 Å². The van der Waals surface area contributed by atoms with Crippen LogP contribution in [0.3, 0.4) is 0 Å². The molecule has 1 saturated heterocycles. The highest BCUT2D eigenvalue weighted by molar-refractivity contribution is 5.97. The molecule has 12 heteroatoms. The zero-order chi connectivity index (χ0) is 32.0. The summed E-state index contributed by atoms with van der Waals surface area (Å²) < 4.78 is 63.7. The van der Waals surface area contributed by atoms with Gasteiger partial charge in [-0.05, 0) is 54.8 Å². The fraction of sp³-hybridized carbons (Fsp3) is 0.242. The van der Waals surface area contributed by atoms with Gasteiger partial charge in [0.1, 0.15) is 12.4 Å². The van der Waals surface area contributed by atoms with E-state index in [0.717, 1.165) is 36.1 Å². The summed E-state index contributed by atoms with van der Waals surface area (Å²) in [5.41, 5.74) is 1.89. The number of carbonyl (C=O) groups excluding carboxylic acids is 1. The zero-order valence-corrected chi connectivity index (χ0v) is 23.9. The molecule has 0 bridgehead atoms. The van der Waals surface area contributed by atoms with Crippen LogP contribution in [0.1, 0.15) is 39.9 Å². The van der Waals surface area contributed by atoms with E-state index in [1.165, 1.54) is 12.1 Å². The van der Waals surface area contributed by atoms with E-state index in [-0.39, 0.29) is 42.0 Å². The van der Waals surface area contributed by atoms with Crippen LogP contribution >= 0.6 is 0 Å². The summed E-state index contributed by atoms with van der Waals surface area (Å²) in [4.78, 5) is 28.8. The summed E-state index contributed by atoms with van der Waals surface area (Å²) in [6.07, 6.45) is -2.70. The van der Waals surface area contributed by atoms with Crippen LogP contribution in [0.5, 0.6) is 5.88 Å². The number of aromatic carboxylic acids is 1. The minimum atomic E-state index is -4.64. The summed E-state index contributed by atoms with van der Waals surface area (Å²) >= 11 is 0. The standard InChI is InChI=1S/C33H29F4N3O5/c34-26-17-24(33(35,36)37)12-10-23(26)19-45-31-5-1-4-27(40-31)21-8-6-20(7-9-21)15-30(41)39-28-13-11-22(32(42)43)16-29(28)38-18-25-3-2-14-44-25/h1,4-13,16-17,25,38H,2-3,14-15,18-19H2,(H,39,41)(H,42,43)/t25-/m0/s1. The molecule has 0 aliphatic carbocycles. The largest absolute Gasteiger partial charge is 0.478 e. The van der Waals surface area contributed by atoms with Crippen LogP contribution in [0.25, 0.3) is 11.3 Å². The van der Waals surface area contributed by atoms with Crippen molar-refractivity contribution in [3.63, 3.8) is 0 Å². The number of rotatable bonds is 11. The number of ether oxygens (including phenoxy) is 2. The van der Waals surface area contributed by atoms with Crippen molar-refractivity contribution >= 4 is 23.3 Å². The van der Waals surface area contributed by atoms with Gasteiger partial charge in [-0.1, -0.05) is 36.4 Å². The van der Waals surface area contributed by atoms with Crippen LogP contribution in [0.2, 0.25) is 0 Å². The van der Waals surface area contributed by atoms with Gasteiger partial charge in [0.15, 0.2) is 0 Å². The highest BCUT2D eigenvalue weighted by Gasteiger charge is 2.31. The molecule has 0 unspecified atom stereocenters. The van der Waals surface area contributed by atoms with E-state index >= 15 is 0 Å². The number of alkyl halides is 3. The third-order valence-corrected chi connectivity index (χ3v) is 7.18. The molecule has 1 amide bonds. The van der Waals surface area contributed by atoms with Crippen LogP contribution in [0.15, 0.2) is 78.9 Å². The van der Waals surface area contributed by atoms with E-state index in [1.54, 1.807) is 48.5 Å². The molecular weight excluding hydrogens is 594 g/mol. The number of nitrogens with one attached hydrogen (secondary N) is 2. The number of anilines is 2. The van der Waals surface area contributed by atoms with Gasteiger partial charge >= 0.3 is 12.1 Å². The number of carbonyl (C=O) groups is 2. The SMILES string of the molecule is O=C(Cc1ccc(-c2cccc(OCc3ccc(C(F)(F)F)cc3F)n2)cc1)Nc1ccc(C(=O)O)cc1NC[C@@H]1CCCO1. The number of benzene rings is 3. The predicted molar refractivity (Wildman–Crippen MR) is 159 cm³/mol. The lowest BCUT2D eigenvalue weighted by molar-refractivity contribution is -0.137. The fourth-order valence-electron chi connectivity index (χ4n) is 4.78. The van der Waals surface area contributed by atoms with Gasteiger partial charge in [0.25, 0.3) is 0 Å². The Morgan fingerprint density at radius 2 is 1.80 bits per heavy atom. The first-order valence-corrected chi connectivity index (χ1v) is 14.1. The summed E-state index contributed by atoms with van der Waals surface area (Å²) in [6.45, 7) is 0.866. The summed E-state index contributed by atoms with van der Waals surface area (Å²) in [5, 5.41) is 15.4. The van der Waals surface area contributed by atoms with Gasteiger partial charge in [-0.15, -0.1) is 0 Å². The Bertz CT molecular complexity index is 1670. The molecule has 5 rings (SSSR count). The summed E-state index contributed by atoms with van der Waals surface area (Å²) in [7, 11) is 0. The lowest BCUT2D eigenvalue weighted by Crippen LogP contribution is -2.21. The van der Waals surface area contributed by atoms with Crippen molar-refractivity contribution in [2.75, 3.05) is 23.8 Å². The van der Waals surface area contributed by atoms with Crippen LogP contribution in [-0.4, -0.2) is 41.2 Å². The van der Waals surface area contributed by atoms with Gasteiger partial charge in [0, 0.05) is 30.3 Å². The number of aromatic nitrogens is 1. The van der Waals surface area contributed by atoms with Gasteiger partial charge in [-0.2, -0.15) is 13.2 Å². The van der Waals surface area contributed by atoms with Crippen LogP contribution in [0.4, 0.5) is 28.9 Å². The third-order valence-electron chi connectivity index (χ3n) is 7.18. The van der Waals surface area contributed by atoms with Gasteiger partial charge in [0.05, 0.1) is 40.7 Å². The highest BCUT2D eigenvalue weighted by Crippen LogP contribution is 2.31. The fourth-order valence-corrected chi connectivity index (χ4v) is 4.78. The second-order valence-electron chi connectivity index (χ2n) is 10.5. The van der Waals surface area contributed by atoms with Gasteiger partial charge in [-0.3, -0.25) is 4.79 Å². The molecule has 8 nitrogen and oxygen atoms in total. The maximum atomic E-state index is 14.2. The molecule has 0 spiro atoms. The minimum absolute atomic E-state index is 0.0179. The number of hydrogen-bond donors (Lipinski definition) is 3. The van der Waals surface area contributed by atoms with Crippen LogP contribution in [0, 0.1) is 5.82 Å². The Hall–Kier alpha value is -4.97. The molecule has 1 aliphatic rings. The lowest BCUT2D eigenvalue weighted by atomic mass is 10.1. The number of amides is 1. The Morgan fingerprint density at radius 3 is 2.49 bits per heavy atom. The van der Waals surface area contributed by atoms with Crippen molar-refractivity contribution in [2.45, 2.75) is 38.1 Å². The molecule has 0 radical (unpaired) electrons. The number of pyridine rings is 1. The topological polar surface area (TPSA) is 110 Å². The van der Waals surface area contributed by atoms with E-state index < -0.39 is 23.5 Å². The smallest absolute Gasteiger partial charge is 0.416 e. The monoisotopic (exact) mass is 623 g/mol. The molecule has 4 aromatic rings. The quantitative estimate of drug-likeness (QED) is 0.155. The van der Waals surface area contributed by atoms with Gasteiger partial charge in [-0.25, -0.2) is 14.2 Å². The summed E-state index contributed by atoms with van der Waals surface area (Å²) in [5.74, 6) is -2.24. The van der Waals surface area contributed by atoms with Crippen molar-refractivity contribution in [2.24, 2.45) is 0 Å². The van der Waals surface area contributed by atoms with Crippen LogP contribution < -0.4 is 15.4 Å². The summed E-state index contributed by atoms with van der Waals surface area (Å²) in [6, 6.07) is 18.8. The first-order chi connectivity index (χ1) is 21.5. The first-order valence-electron chi connectivity index (χ1n) is 14.1. The second kappa shape index (κ2) is 13.8. The number of carboxylic acid groups (broad SMARTS) is 1. The molecule has 1 atom stereocenters. The molecule has 1 aliphatic heterocycles. The molecule has 3 N–H and O–H groups in total. The predicted octanol–water partition coefficient (Wildman–Crippen LogP) is 6.96. The van der Waals surface area contributed by atoms with Crippen molar-refractivity contribution in [1.29, 1.82) is 0 Å². The Morgan fingerprint density at radius 1 is 1.00 bits per heavy atom. The zero-order valence-electron chi connectivity index (χ0n) is 23.9.